The Bertz CT molecular complexity index is 998. The van der Waals surface area contributed by atoms with Crippen LogP contribution in [0.4, 0.5) is 11.6 Å². The molecule has 1 aliphatic rings. The van der Waals surface area contributed by atoms with Crippen molar-refractivity contribution in [2.45, 2.75) is 13.3 Å². The number of anilines is 2. The van der Waals surface area contributed by atoms with Gasteiger partial charge in [0.1, 0.15) is 5.82 Å². The molecule has 0 spiro atoms. The lowest BCUT2D eigenvalue weighted by Crippen LogP contribution is -2.28. The lowest BCUT2D eigenvalue weighted by molar-refractivity contribution is -0.122. The Morgan fingerprint density at radius 2 is 2.19 bits per heavy atom. The van der Waals surface area contributed by atoms with E-state index in [0.717, 1.165) is 20.9 Å². The van der Waals surface area contributed by atoms with Gasteiger partial charge in [-0.05, 0) is 36.8 Å². The average molecular weight is 414 g/mol. The van der Waals surface area contributed by atoms with Crippen LogP contribution in [0.2, 0.25) is 0 Å². The summed E-state index contributed by atoms with van der Waals surface area (Å²) in [6, 6.07) is 9.33. The minimum Gasteiger partial charge on any atom is -0.310 e. The van der Waals surface area contributed by atoms with Crippen LogP contribution in [0, 0.1) is 12.8 Å². The van der Waals surface area contributed by atoms with E-state index in [4.69, 9.17) is 0 Å². The first-order valence-corrected chi connectivity index (χ1v) is 8.98. The standard InChI is InChI=1S/C18H16BrN5O2/c1-10-2-5-15(20-8-10)21-18(26)11-6-16(25)24(9-11)17-13-4-3-12(19)7-14(13)22-23-17/h2-5,7-8,11H,6,9H2,1H3,(H,22,23)(H,20,21,26). The number of carbonyl (C=O) groups is 2. The van der Waals surface area contributed by atoms with Gasteiger partial charge in [-0.1, -0.05) is 22.0 Å². The quantitative estimate of drug-likeness (QED) is 0.690. The van der Waals surface area contributed by atoms with Crippen LogP contribution in [0.25, 0.3) is 10.9 Å². The van der Waals surface area contributed by atoms with Crippen molar-refractivity contribution in [2.24, 2.45) is 5.92 Å². The molecule has 2 N–H and O–H groups in total. The summed E-state index contributed by atoms with van der Waals surface area (Å²) in [5, 5.41) is 10.8. The van der Waals surface area contributed by atoms with Crippen molar-refractivity contribution in [3.63, 3.8) is 0 Å². The van der Waals surface area contributed by atoms with E-state index in [9.17, 15) is 9.59 Å². The van der Waals surface area contributed by atoms with E-state index in [2.05, 4.69) is 36.4 Å². The fourth-order valence-electron chi connectivity index (χ4n) is 3.04. The van der Waals surface area contributed by atoms with E-state index < -0.39 is 5.92 Å². The number of halogens is 1. The molecule has 3 aromatic rings. The number of fused-ring (bicyclic) bond motifs is 1. The molecule has 0 bridgehead atoms. The Morgan fingerprint density at radius 3 is 2.96 bits per heavy atom. The zero-order valence-corrected chi connectivity index (χ0v) is 15.6. The predicted octanol–water partition coefficient (Wildman–Crippen LogP) is 3.02. The van der Waals surface area contributed by atoms with Gasteiger partial charge >= 0.3 is 0 Å². The second-order valence-corrected chi connectivity index (χ2v) is 7.27. The van der Waals surface area contributed by atoms with Crippen LogP contribution in [0.15, 0.2) is 41.0 Å². The molecule has 2 amide bonds. The molecule has 8 heteroatoms. The molecule has 7 nitrogen and oxygen atoms in total. The van der Waals surface area contributed by atoms with Crippen LogP contribution < -0.4 is 10.2 Å². The van der Waals surface area contributed by atoms with Crippen LogP contribution in [-0.2, 0) is 9.59 Å². The van der Waals surface area contributed by atoms with E-state index in [0.29, 0.717) is 18.2 Å². The summed E-state index contributed by atoms with van der Waals surface area (Å²) in [5.74, 6) is 0.286. The van der Waals surface area contributed by atoms with Crippen LogP contribution >= 0.6 is 15.9 Å². The first-order chi connectivity index (χ1) is 12.5. The number of hydrogen-bond acceptors (Lipinski definition) is 4. The molecule has 0 radical (unpaired) electrons. The molecule has 3 heterocycles. The summed E-state index contributed by atoms with van der Waals surface area (Å²) in [6.45, 7) is 2.23. The number of carbonyl (C=O) groups excluding carboxylic acids is 2. The summed E-state index contributed by atoms with van der Waals surface area (Å²) in [6.07, 6.45) is 1.85. The molecule has 26 heavy (non-hydrogen) atoms. The minimum atomic E-state index is -0.437. The average Bonchev–Trinajstić information content (AvgIpc) is 3.19. The Hall–Kier alpha value is -2.74. The summed E-state index contributed by atoms with van der Waals surface area (Å²) >= 11 is 3.41. The molecule has 1 aromatic carbocycles. The number of H-pyrrole nitrogens is 1. The first kappa shape index (κ1) is 16.7. The zero-order chi connectivity index (χ0) is 18.3. The molecule has 0 aliphatic carbocycles. The van der Waals surface area contributed by atoms with Crippen molar-refractivity contribution < 1.29 is 9.59 Å². The summed E-state index contributed by atoms with van der Waals surface area (Å²) < 4.78 is 0.927. The highest BCUT2D eigenvalue weighted by Gasteiger charge is 2.37. The summed E-state index contributed by atoms with van der Waals surface area (Å²) in [5.41, 5.74) is 1.85. The first-order valence-electron chi connectivity index (χ1n) is 8.19. The van der Waals surface area contributed by atoms with Gasteiger partial charge in [0, 0.05) is 29.0 Å². The normalized spacial score (nSPS) is 17.1. The number of amides is 2. The van der Waals surface area contributed by atoms with Crippen LogP contribution in [0.3, 0.4) is 0 Å². The van der Waals surface area contributed by atoms with Crippen molar-refractivity contribution in [2.75, 3.05) is 16.8 Å². The third kappa shape index (κ3) is 3.08. The zero-order valence-electron chi connectivity index (χ0n) is 14.0. The number of nitrogens with zero attached hydrogens (tertiary/aromatic N) is 3. The second-order valence-electron chi connectivity index (χ2n) is 6.35. The highest BCUT2D eigenvalue weighted by Crippen LogP contribution is 2.31. The third-order valence-corrected chi connectivity index (χ3v) is 4.91. The van der Waals surface area contributed by atoms with Gasteiger partial charge in [-0.2, -0.15) is 5.10 Å². The molecule has 0 saturated carbocycles. The monoisotopic (exact) mass is 413 g/mol. The van der Waals surface area contributed by atoms with Crippen molar-refractivity contribution >= 4 is 50.3 Å². The maximum Gasteiger partial charge on any atom is 0.230 e. The number of pyridine rings is 1. The molecule has 1 fully saturated rings. The van der Waals surface area contributed by atoms with Gasteiger partial charge in [0.15, 0.2) is 5.82 Å². The predicted molar refractivity (Wildman–Crippen MR) is 102 cm³/mol. The Balaban J connectivity index is 1.52. The fraction of sp³-hybridized carbons (Fsp3) is 0.222. The Labute approximate surface area is 157 Å². The van der Waals surface area contributed by atoms with Gasteiger partial charge in [0.25, 0.3) is 0 Å². The number of benzene rings is 1. The molecule has 4 rings (SSSR count). The number of hydrogen-bond donors (Lipinski definition) is 2. The highest BCUT2D eigenvalue weighted by atomic mass is 79.9. The van der Waals surface area contributed by atoms with E-state index >= 15 is 0 Å². The van der Waals surface area contributed by atoms with Crippen LogP contribution in [-0.4, -0.2) is 33.5 Å². The molecular formula is C18H16BrN5O2. The molecule has 1 atom stereocenters. The number of rotatable bonds is 3. The van der Waals surface area contributed by atoms with Crippen LogP contribution in [0.5, 0.6) is 0 Å². The number of aromatic nitrogens is 3. The molecule has 1 saturated heterocycles. The van der Waals surface area contributed by atoms with E-state index in [1.165, 1.54) is 0 Å². The summed E-state index contributed by atoms with van der Waals surface area (Å²) in [4.78, 5) is 30.7. The van der Waals surface area contributed by atoms with Gasteiger partial charge in [0.05, 0.1) is 11.4 Å². The van der Waals surface area contributed by atoms with Gasteiger partial charge in [-0.15, -0.1) is 0 Å². The molecular weight excluding hydrogens is 398 g/mol. The lowest BCUT2D eigenvalue weighted by atomic mass is 10.1. The van der Waals surface area contributed by atoms with Gasteiger partial charge in [-0.3, -0.25) is 19.6 Å². The Morgan fingerprint density at radius 1 is 1.35 bits per heavy atom. The van der Waals surface area contributed by atoms with E-state index in [-0.39, 0.29) is 18.2 Å². The SMILES string of the molecule is Cc1ccc(NC(=O)C2CC(=O)N(c3n[nH]c4cc(Br)ccc34)C2)nc1. The fourth-order valence-corrected chi connectivity index (χ4v) is 3.40. The Kier molecular flexibility index (Phi) is 4.20. The van der Waals surface area contributed by atoms with Crippen molar-refractivity contribution in [1.82, 2.24) is 15.2 Å². The molecule has 1 unspecified atom stereocenters. The topological polar surface area (TPSA) is 91.0 Å². The maximum atomic E-state index is 12.5. The van der Waals surface area contributed by atoms with Crippen LogP contribution in [0.1, 0.15) is 12.0 Å². The molecule has 2 aromatic heterocycles. The van der Waals surface area contributed by atoms with Gasteiger partial charge in [-0.25, -0.2) is 4.98 Å². The van der Waals surface area contributed by atoms with Gasteiger partial charge in [0.2, 0.25) is 11.8 Å². The van der Waals surface area contributed by atoms with Crippen molar-refractivity contribution in [3.05, 3.63) is 46.6 Å². The smallest absolute Gasteiger partial charge is 0.230 e. The molecule has 132 valence electrons. The van der Waals surface area contributed by atoms with Crippen molar-refractivity contribution in [1.29, 1.82) is 0 Å². The van der Waals surface area contributed by atoms with E-state index in [1.54, 1.807) is 17.2 Å². The number of aromatic amines is 1. The second kappa shape index (κ2) is 6.53. The highest BCUT2D eigenvalue weighted by molar-refractivity contribution is 9.10. The number of nitrogens with one attached hydrogen (secondary N) is 2. The lowest BCUT2D eigenvalue weighted by Gasteiger charge is -2.14. The maximum absolute atomic E-state index is 12.5. The largest absolute Gasteiger partial charge is 0.310 e. The molecule has 1 aliphatic heterocycles. The van der Waals surface area contributed by atoms with Gasteiger partial charge < -0.3 is 5.32 Å². The summed E-state index contributed by atoms with van der Waals surface area (Å²) in [7, 11) is 0. The number of aryl methyl sites for hydroxylation is 1. The third-order valence-electron chi connectivity index (χ3n) is 4.42. The van der Waals surface area contributed by atoms with Crippen molar-refractivity contribution in [3.8, 4) is 0 Å². The minimum absolute atomic E-state index is 0.113. The van der Waals surface area contributed by atoms with E-state index in [1.807, 2.05) is 31.2 Å².